The Balaban J connectivity index is 2.17. The van der Waals surface area contributed by atoms with E-state index in [4.69, 9.17) is 4.74 Å². The maximum absolute atomic E-state index is 13.8. The van der Waals surface area contributed by atoms with Crippen LogP contribution in [0.5, 0.6) is 5.75 Å². The molecule has 0 radical (unpaired) electrons. The van der Waals surface area contributed by atoms with Crippen molar-refractivity contribution < 1.29 is 14.2 Å². The molecule has 0 bridgehead atoms. The van der Waals surface area contributed by atoms with Crippen LogP contribution in [0.15, 0.2) is 18.2 Å². The minimum Gasteiger partial charge on any atom is -0.508 e. The highest BCUT2D eigenvalue weighted by atomic mass is 19.1. The van der Waals surface area contributed by atoms with Gasteiger partial charge in [-0.15, -0.1) is 0 Å². The molecular formula is C14H20FNO2. The van der Waals surface area contributed by atoms with Gasteiger partial charge in [0.1, 0.15) is 11.6 Å². The zero-order valence-corrected chi connectivity index (χ0v) is 11.1. The molecule has 0 aromatic heterocycles. The fraction of sp³-hybridized carbons (Fsp3) is 0.571. The second kappa shape index (κ2) is 4.86. The van der Waals surface area contributed by atoms with E-state index in [0.717, 1.165) is 19.2 Å². The van der Waals surface area contributed by atoms with Crippen molar-refractivity contribution in [3.05, 3.63) is 29.6 Å². The van der Waals surface area contributed by atoms with E-state index in [1.54, 1.807) is 6.07 Å². The maximum atomic E-state index is 13.8. The van der Waals surface area contributed by atoms with E-state index in [2.05, 4.69) is 4.90 Å². The lowest BCUT2D eigenvalue weighted by Gasteiger charge is -2.41. The molecule has 100 valence electrons. The zero-order valence-electron chi connectivity index (χ0n) is 11.1. The van der Waals surface area contributed by atoms with Crippen LogP contribution in [-0.4, -0.2) is 35.3 Å². The van der Waals surface area contributed by atoms with E-state index >= 15 is 0 Å². The molecule has 1 fully saturated rings. The second-order valence-corrected chi connectivity index (χ2v) is 5.46. The lowest BCUT2D eigenvalue weighted by atomic mass is 10.0. The number of phenols is 1. The van der Waals surface area contributed by atoms with Gasteiger partial charge < -0.3 is 9.84 Å². The van der Waals surface area contributed by atoms with Gasteiger partial charge in [0.2, 0.25) is 0 Å². The molecule has 18 heavy (non-hydrogen) atoms. The number of nitrogens with zero attached hydrogens (tertiary/aromatic N) is 1. The summed E-state index contributed by atoms with van der Waals surface area (Å²) in [6.45, 7) is 8.30. The predicted molar refractivity (Wildman–Crippen MR) is 68.1 cm³/mol. The molecule has 1 saturated heterocycles. The third kappa shape index (κ3) is 2.82. The molecule has 1 aliphatic heterocycles. The van der Waals surface area contributed by atoms with E-state index in [0.29, 0.717) is 12.2 Å². The highest BCUT2D eigenvalue weighted by Crippen LogP contribution is 2.29. The van der Waals surface area contributed by atoms with Crippen LogP contribution in [-0.2, 0) is 4.74 Å². The van der Waals surface area contributed by atoms with Gasteiger partial charge in [-0.1, -0.05) is 6.07 Å². The number of ether oxygens (including phenoxy) is 1. The smallest absolute Gasteiger partial charge is 0.131 e. The van der Waals surface area contributed by atoms with Crippen molar-refractivity contribution in [3.8, 4) is 5.75 Å². The number of hydrogen-bond acceptors (Lipinski definition) is 3. The van der Waals surface area contributed by atoms with Crippen LogP contribution in [0.25, 0.3) is 0 Å². The van der Waals surface area contributed by atoms with Crippen LogP contribution < -0.4 is 0 Å². The first-order chi connectivity index (χ1) is 8.39. The Morgan fingerprint density at radius 2 is 2.17 bits per heavy atom. The Bertz CT molecular complexity index is 434. The number of hydrogen-bond donors (Lipinski definition) is 1. The summed E-state index contributed by atoms with van der Waals surface area (Å²) >= 11 is 0. The number of benzene rings is 1. The van der Waals surface area contributed by atoms with Gasteiger partial charge in [0, 0.05) is 30.8 Å². The number of aromatic hydroxyl groups is 1. The molecule has 1 heterocycles. The highest BCUT2D eigenvalue weighted by Gasteiger charge is 2.30. The first-order valence-corrected chi connectivity index (χ1v) is 6.25. The maximum Gasteiger partial charge on any atom is 0.131 e. The lowest BCUT2D eigenvalue weighted by Crippen LogP contribution is -2.49. The predicted octanol–water partition coefficient (Wildman–Crippen LogP) is 2.70. The molecular weight excluding hydrogens is 233 g/mol. The van der Waals surface area contributed by atoms with Crippen molar-refractivity contribution in [1.29, 1.82) is 0 Å². The molecule has 1 N–H and O–H groups in total. The van der Waals surface area contributed by atoms with Gasteiger partial charge in [0.05, 0.1) is 12.2 Å². The number of rotatable bonds is 2. The molecule has 1 aromatic carbocycles. The summed E-state index contributed by atoms with van der Waals surface area (Å²) in [7, 11) is 0. The van der Waals surface area contributed by atoms with E-state index in [9.17, 15) is 9.50 Å². The van der Waals surface area contributed by atoms with Crippen molar-refractivity contribution >= 4 is 0 Å². The van der Waals surface area contributed by atoms with Crippen LogP contribution in [0.3, 0.4) is 0 Å². The normalized spacial score (nSPS) is 21.8. The van der Waals surface area contributed by atoms with E-state index in [-0.39, 0.29) is 23.2 Å². The van der Waals surface area contributed by atoms with Crippen LogP contribution in [0.1, 0.15) is 32.4 Å². The highest BCUT2D eigenvalue weighted by molar-refractivity contribution is 5.29. The van der Waals surface area contributed by atoms with Gasteiger partial charge in [-0.05, 0) is 26.8 Å². The third-order valence-corrected chi connectivity index (χ3v) is 3.44. The van der Waals surface area contributed by atoms with Gasteiger partial charge in [0.15, 0.2) is 0 Å². The van der Waals surface area contributed by atoms with Crippen molar-refractivity contribution in [1.82, 2.24) is 4.90 Å². The van der Waals surface area contributed by atoms with E-state index in [1.165, 1.54) is 6.07 Å². The van der Waals surface area contributed by atoms with Gasteiger partial charge >= 0.3 is 0 Å². The topological polar surface area (TPSA) is 32.7 Å². The molecule has 1 unspecified atom stereocenters. The molecule has 1 aliphatic rings. The molecule has 0 aliphatic carbocycles. The fourth-order valence-electron chi connectivity index (χ4n) is 2.44. The summed E-state index contributed by atoms with van der Waals surface area (Å²) in [6, 6.07) is 4.32. The molecule has 0 saturated carbocycles. The monoisotopic (exact) mass is 253 g/mol. The average molecular weight is 253 g/mol. The van der Waals surface area contributed by atoms with E-state index in [1.807, 2.05) is 20.8 Å². The largest absolute Gasteiger partial charge is 0.508 e. The Labute approximate surface area is 107 Å². The Morgan fingerprint density at radius 1 is 1.44 bits per heavy atom. The summed E-state index contributed by atoms with van der Waals surface area (Å²) in [5.74, 6) is -0.391. The van der Waals surface area contributed by atoms with Crippen molar-refractivity contribution in [3.63, 3.8) is 0 Å². The fourth-order valence-corrected chi connectivity index (χ4v) is 2.44. The van der Waals surface area contributed by atoms with Crippen LogP contribution >= 0.6 is 0 Å². The van der Waals surface area contributed by atoms with Crippen molar-refractivity contribution in [2.45, 2.75) is 32.4 Å². The molecule has 1 aromatic rings. The minimum atomic E-state index is -0.355. The second-order valence-electron chi connectivity index (χ2n) is 5.46. The zero-order chi connectivity index (χ0) is 13.3. The SMILES string of the molecule is CC(c1ccc(O)cc1F)N1CCOC(C)(C)C1. The number of halogens is 1. The van der Waals surface area contributed by atoms with Gasteiger partial charge in [0.25, 0.3) is 0 Å². The minimum absolute atomic E-state index is 0.0197. The van der Waals surface area contributed by atoms with Crippen LogP contribution in [0.4, 0.5) is 4.39 Å². The van der Waals surface area contributed by atoms with E-state index < -0.39 is 0 Å². The quantitative estimate of drug-likeness (QED) is 0.879. The molecule has 0 spiro atoms. The Morgan fingerprint density at radius 3 is 2.78 bits per heavy atom. The standard InChI is InChI=1S/C14H20FNO2/c1-10(12-5-4-11(17)8-13(12)15)16-6-7-18-14(2,3)9-16/h4-5,8,10,17H,6-7,9H2,1-3H3. The first kappa shape index (κ1) is 13.3. The van der Waals surface area contributed by atoms with Gasteiger partial charge in [-0.25, -0.2) is 4.39 Å². The summed E-state index contributed by atoms with van der Waals surface area (Å²) in [4.78, 5) is 2.21. The average Bonchev–Trinajstić information content (AvgIpc) is 2.27. The van der Waals surface area contributed by atoms with Crippen LogP contribution in [0, 0.1) is 5.82 Å². The summed E-state index contributed by atoms with van der Waals surface area (Å²) < 4.78 is 19.5. The number of morpholine rings is 1. The molecule has 0 amide bonds. The molecule has 3 nitrogen and oxygen atoms in total. The lowest BCUT2D eigenvalue weighted by molar-refractivity contribution is -0.0961. The Hall–Kier alpha value is -1.13. The number of phenolic OH excluding ortho intramolecular Hbond substituents is 1. The summed E-state index contributed by atoms with van der Waals surface area (Å²) in [5.41, 5.74) is 0.422. The van der Waals surface area contributed by atoms with Gasteiger partial charge in [-0.2, -0.15) is 0 Å². The van der Waals surface area contributed by atoms with Crippen molar-refractivity contribution in [2.75, 3.05) is 19.7 Å². The summed E-state index contributed by atoms with van der Waals surface area (Å²) in [5, 5.41) is 9.24. The molecule has 4 heteroatoms. The van der Waals surface area contributed by atoms with Gasteiger partial charge in [-0.3, -0.25) is 4.90 Å². The molecule has 2 rings (SSSR count). The van der Waals surface area contributed by atoms with Crippen LogP contribution in [0.2, 0.25) is 0 Å². The summed E-state index contributed by atoms with van der Waals surface area (Å²) in [6.07, 6.45) is 0. The third-order valence-electron chi connectivity index (χ3n) is 3.44. The first-order valence-electron chi connectivity index (χ1n) is 6.25. The Kier molecular flexibility index (Phi) is 3.59. The van der Waals surface area contributed by atoms with Crippen molar-refractivity contribution in [2.24, 2.45) is 0 Å². The molecule has 1 atom stereocenters.